The standard InChI is InChI=1S/C27H32N4O3/c1-34-21-4-2-3-20(10-21)26(33)31-6-5-22-23(15-31)28-16-29-25(22)30-24(32)14-27-11-17-7-18(12-27)9-19(8-17)13-27/h2-4,10,16-19H,5-9,11-15H2,1H3,(H,28,29,30,32). The van der Waals surface area contributed by atoms with Gasteiger partial charge in [-0.15, -0.1) is 0 Å². The number of hydrogen-bond donors (Lipinski definition) is 1. The highest BCUT2D eigenvalue weighted by Crippen LogP contribution is 2.61. The van der Waals surface area contributed by atoms with Gasteiger partial charge < -0.3 is 15.0 Å². The molecule has 5 aliphatic rings. The topological polar surface area (TPSA) is 84.4 Å². The average Bonchev–Trinajstić information content (AvgIpc) is 2.82. The third-order valence-corrected chi connectivity index (χ3v) is 8.57. The Morgan fingerprint density at radius 1 is 1.12 bits per heavy atom. The highest BCUT2D eigenvalue weighted by molar-refractivity contribution is 5.95. The molecule has 2 aromatic rings. The lowest BCUT2D eigenvalue weighted by Gasteiger charge is -2.56. The number of methoxy groups -OCH3 is 1. The average molecular weight is 461 g/mol. The van der Waals surface area contributed by atoms with Crippen LogP contribution in [0.2, 0.25) is 0 Å². The van der Waals surface area contributed by atoms with Gasteiger partial charge in [-0.05, 0) is 86.3 Å². The largest absolute Gasteiger partial charge is 0.497 e. The van der Waals surface area contributed by atoms with Gasteiger partial charge in [0.2, 0.25) is 5.91 Å². The minimum absolute atomic E-state index is 0.0458. The van der Waals surface area contributed by atoms with Gasteiger partial charge in [0.25, 0.3) is 5.91 Å². The van der Waals surface area contributed by atoms with E-state index < -0.39 is 0 Å². The number of hydrogen-bond acceptors (Lipinski definition) is 5. The number of amides is 2. The number of anilines is 1. The van der Waals surface area contributed by atoms with Crippen LogP contribution in [0.3, 0.4) is 0 Å². The van der Waals surface area contributed by atoms with Gasteiger partial charge in [0.15, 0.2) is 0 Å². The van der Waals surface area contributed by atoms with Crippen molar-refractivity contribution in [1.29, 1.82) is 0 Å². The zero-order valence-electron chi connectivity index (χ0n) is 19.8. The highest BCUT2D eigenvalue weighted by Gasteiger charge is 2.51. The number of aromatic nitrogens is 2. The molecular formula is C27H32N4O3. The monoisotopic (exact) mass is 460 g/mol. The Morgan fingerprint density at radius 3 is 2.56 bits per heavy atom. The summed E-state index contributed by atoms with van der Waals surface area (Å²) in [7, 11) is 1.59. The van der Waals surface area contributed by atoms with Crippen LogP contribution >= 0.6 is 0 Å². The molecule has 34 heavy (non-hydrogen) atoms. The van der Waals surface area contributed by atoms with Crippen molar-refractivity contribution in [3.05, 3.63) is 47.4 Å². The summed E-state index contributed by atoms with van der Waals surface area (Å²) in [5, 5.41) is 3.13. The molecule has 1 aromatic carbocycles. The molecule has 0 spiro atoms. The minimum atomic E-state index is -0.0458. The predicted octanol–water partition coefficient (Wildman–Crippen LogP) is 4.23. The van der Waals surface area contributed by atoms with Crippen LogP contribution in [-0.2, 0) is 17.8 Å². The lowest BCUT2D eigenvalue weighted by Crippen LogP contribution is -2.47. The Morgan fingerprint density at radius 2 is 1.85 bits per heavy atom. The molecule has 4 fully saturated rings. The van der Waals surface area contributed by atoms with E-state index in [1.807, 2.05) is 12.1 Å². The number of carbonyl (C=O) groups excluding carboxylic acids is 2. The first-order chi connectivity index (χ1) is 16.5. The van der Waals surface area contributed by atoms with Gasteiger partial charge in [0, 0.05) is 24.1 Å². The van der Waals surface area contributed by atoms with E-state index in [2.05, 4.69) is 15.3 Å². The summed E-state index contributed by atoms with van der Waals surface area (Å²) in [6, 6.07) is 7.21. The van der Waals surface area contributed by atoms with E-state index in [9.17, 15) is 9.59 Å². The van der Waals surface area contributed by atoms with Crippen molar-refractivity contribution >= 4 is 17.6 Å². The van der Waals surface area contributed by atoms with Crippen molar-refractivity contribution in [2.45, 2.75) is 57.9 Å². The molecule has 1 aromatic heterocycles. The van der Waals surface area contributed by atoms with E-state index in [4.69, 9.17) is 4.74 Å². The maximum Gasteiger partial charge on any atom is 0.254 e. The minimum Gasteiger partial charge on any atom is -0.497 e. The number of fused-ring (bicyclic) bond motifs is 1. The molecule has 4 bridgehead atoms. The van der Waals surface area contributed by atoms with Gasteiger partial charge in [-0.2, -0.15) is 0 Å². The SMILES string of the molecule is COc1cccc(C(=O)N2CCc3c(ncnc3NC(=O)CC34CC5CC(CC(C5)C3)C4)C2)c1. The summed E-state index contributed by atoms with van der Waals surface area (Å²) in [6.45, 7) is 0.972. The van der Waals surface area contributed by atoms with Gasteiger partial charge in [-0.3, -0.25) is 9.59 Å². The number of nitrogens with zero attached hydrogens (tertiary/aromatic N) is 3. The number of nitrogens with one attached hydrogen (secondary N) is 1. The second-order valence-corrected chi connectivity index (χ2v) is 11.0. The van der Waals surface area contributed by atoms with Crippen LogP contribution in [0.5, 0.6) is 5.75 Å². The zero-order chi connectivity index (χ0) is 23.3. The number of carbonyl (C=O) groups is 2. The first kappa shape index (κ1) is 21.6. The Balaban J connectivity index is 1.14. The molecule has 7 nitrogen and oxygen atoms in total. The Labute approximate surface area is 200 Å². The van der Waals surface area contributed by atoms with Crippen molar-refractivity contribution in [2.24, 2.45) is 23.2 Å². The summed E-state index contributed by atoms with van der Waals surface area (Å²) in [4.78, 5) is 36.9. The van der Waals surface area contributed by atoms with Crippen molar-refractivity contribution in [1.82, 2.24) is 14.9 Å². The molecule has 2 heterocycles. The first-order valence-electron chi connectivity index (χ1n) is 12.6. The molecule has 0 radical (unpaired) electrons. The summed E-state index contributed by atoms with van der Waals surface area (Å²) in [5.74, 6) is 3.81. The molecule has 2 amide bonds. The van der Waals surface area contributed by atoms with E-state index in [1.54, 1.807) is 24.1 Å². The van der Waals surface area contributed by atoms with Crippen LogP contribution in [0.15, 0.2) is 30.6 Å². The van der Waals surface area contributed by atoms with Crippen molar-refractivity contribution < 1.29 is 14.3 Å². The molecule has 7 heteroatoms. The summed E-state index contributed by atoms with van der Waals surface area (Å²) < 4.78 is 5.26. The van der Waals surface area contributed by atoms with Gasteiger partial charge in [-0.1, -0.05) is 6.07 Å². The number of benzene rings is 1. The van der Waals surface area contributed by atoms with Gasteiger partial charge in [0.05, 0.1) is 19.3 Å². The molecule has 178 valence electrons. The van der Waals surface area contributed by atoms with Crippen LogP contribution in [0, 0.1) is 23.2 Å². The highest BCUT2D eigenvalue weighted by atomic mass is 16.5. The molecule has 1 N–H and O–H groups in total. The third kappa shape index (κ3) is 3.95. The predicted molar refractivity (Wildman–Crippen MR) is 127 cm³/mol. The third-order valence-electron chi connectivity index (χ3n) is 8.57. The fourth-order valence-corrected chi connectivity index (χ4v) is 7.60. The Kier molecular flexibility index (Phi) is 5.30. The molecule has 1 aliphatic heterocycles. The van der Waals surface area contributed by atoms with E-state index in [1.165, 1.54) is 44.9 Å². The van der Waals surface area contributed by atoms with Crippen LogP contribution in [0.1, 0.15) is 66.6 Å². The molecule has 4 saturated carbocycles. The quantitative estimate of drug-likeness (QED) is 0.722. The van der Waals surface area contributed by atoms with Crippen LogP contribution < -0.4 is 10.1 Å². The summed E-state index contributed by atoms with van der Waals surface area (Å²) >= 11 is 0. The number of rotatable bonds is 5. The zero-order valence-corrected chi connectivity index (χ0v) is 19.8. The molecule has 4 aliphatic carbocycles. The van der Waals surface area contributed by atoms with Gasteiger partial charge >= 0.3 is 0 Å². The molecule has 0 saturated heterocycles. The Bertz CT molecular complexity index is 1100. The molecule has 0 atom stereocenters. The van der Waals surface area contributed by atoms with E-state index in [-0.39, 0.29) is 17.2 Å². The second kappa shape index (κ2) is 8.36. The lowest BCUT2D eigenvalue weighted by molar-refractivity contribution is -0.124. The van der Waals surface area contributed by atoms with E-state index in [0.29, 0.717) is 43.1 Å². The lowest BCUT2D eigenvalue weighted by atomic mass is 9.49. The van der Waals surface area contributed by atoms with Crippen molar-refractivity contribution in [3.63, 3.8) is 0 Å². The maximum atomic E-state index is 13.2. The second-order valence-electron chi connectivity index (χ2n) is 11.0. The summed E-state index contributed by atoms with van der Waals surface area (Å²) in [6.07, 6.45) is 10.5. The molecular weight excluding hydrogens is 428 g/mol. The Hall–Kier alpha value is -2.96. The van der Waals surface area contributed by atoms with Crippen LogP contribution in [0.4, 0.5) is 5.82 Å². The van der Waals surface area contributed by atoms with E-state index >= 15 is 0 Å². The van der Waals surface area contributed by atoms with Gasteiger partial charge in [-0.25, -0.2) is 9.97 Å². The van der Waals surface area contributed by atoms with E-state index in [0.717, 1.165) is 29.0 Å². The first-order valence-corrected chi connectivity index (χ1v) is 12.6. The maximum absolute atomic E-state index is 13.2. The summed E-state index contributed by atoms with van der Waals surface area (Å²) in [5.41, 5.74) is 2.56. The van der Waals surface area contributed by atoms with Crippen LogP contribution in [-0.4, -0.2) is 40.3 Å². The normalized spacial score (nSPS) is 29.0. The van der Waals surface area contributed by atoms with Crippen molar-refractivity contribution in [2.75, 3.05) is 19.0 Å². The van der Waals surface area contributed by atoms with Crippen LogP contribution in [0.25, 0.3) is 0 Å². The molecule has 0 unspecified atom stereocenters. The fraction of sp³-hybridized carbons (Fsp3) is 0.556. The van der Waals surface area contributed by atoms with Gasteiger partial charge in [0.1, 0.15) is 17.9 Å². The smallest absolute Gasteiger partial charge is 0.254 e. The molecule has 7 rings (SSSR count). The number of ether oxygens (including phenoxy) is 1. The van der Waals surface area contributed by atoms with Crippen molar-refractivity contribution in [3.8, 4) is 5.75 Å². The fourth-order valence-electron chi connectivity index (χ4n) is 7.60.